The molecule has 0 spiro atoms. The lowest BCUT2D eigenvalue weighted by molar-refractivity contribution is 0.0672. The summed E-state index contributed by atoms with van der Waals surface area (Å²) in [7, 11) is 3.21. The van der Waals surface area contributed by atoms with Crippen LogP contribution in [0.4, 0.5) is 0 Å². The van der Waals surface area contributed by atoms with Gasteiger partial charge in [0, 0.05) is 37.3 Å². The molecule has 3 rings (SSSR count). The first-order chi connectivity index (χ1) is 12.2. The van der Waals surface area contributed by atoms with Gasteiger partial charge >= 0.3 is 0 Å². The van der Waals surface area contributed by atoms with E-state index in [4.69, 9.17) is 9.47 Å². The maximum atomic E-state index is 13.2. The lowest BCUT2D eigenvalue weighted by atomic mass is 10.1. The zero-order valence-corrected chi connectivity index (χ0v) is 16.5. The van der Waals surface area contributed by atoms with Crippen LogP contribution >= 0.6 is 12.4 Å². The molecule has 0 aliphatic carbocycles. The molecule has 2 heterocycles. The van der Waals surface area contributed by atoms with Gasteiger partial charge in [0.25, 0.3) is 5.91 Å². The van der Waals surface area contributed by atoms with Crippen molar-refractivity contribution in [2.75, 3.05) is 53.5 Å². The molecule has 1 amide bonds. The number of nitrogens with one attached hydrogen (secondary N) is 1. The van der Waals surface area contributed by atoms with Crippen LogP contribution in [-0.4, -0.2) is 75.2 Å². The van der Waals surface area contributed by atoms with Gasteiger partial charge in [-0.15, -0.1) is 12.4 Å². The number of nitrogens with zero attached hydrogens (tertiary/aromatic N) is 2. The zero-order chi connectivity index (χ0) is 17.6. The number of hydrogen-bond donors (Lipinski definition) is 1. The molecule has 0 radical (unpaired) electrons. The second-order valence-corrected chi connectivity index (χ2v) is 6.80. The van der Waals surface area contributed by atoms with Crippen molar-refractivity contribution in [1.82, 2.24) is 15.1 Å². The van der Waals surface area contributed by atoms with Crippen molar-refractivity contribution in [2.24, 2.45) is 0 Å². The van der Waals surface area contributed by atoms with Crippen LogP contribution < -0.4 is 14.8 Å². The molecule has 0 aromatic heterocycles. The molecule has 1 aromatic carbocycles. The molecular weight excluding hydrogens is 354 g/mol. The van der Waals surface area contributed by atoms with E-state index in [0.717, 1.165) is 45.7 Å². The molecular formula is C19H30ClN3O3. The lowest BCUT2D eigenvalue weighted by Gasteiger charge is -2.30. The van der Waals surface area contributed by atoms with Crippen molar-refractivity contribution in [3.8, 4) is 11.5 Å². The van der Waals surface area contributed by atoms with Crippen LogP contribution in [0.2, 0.25) is 0 Å². The lowest BCUT2D eigenvalue weighted by Crippen LogP contribution is -2.45. The van der Waals surface area contributed by atoms with Crippen molar-refractivity contribution in [1.29, 1.82) is 0 Å². The van der Waals surface area contributed by atoms with Gasteiger partial charge in [-0.1, -0.05) is 0 Å². The molecule has 7 heteroatoms. The van der Waals surface area contributed by atoms with Crippen molar-refractivity contribution in [2.45, 2.75) is 25.3 Å². The van der Waals surface area contributed by atoms with Crippen LogP contribution in [0.5, 0.6) is 11.5 Å². The number of carbonyl (C=O) groups is 1. The Labute approximate surface area is 162 Å². The van der Waals surface area contributed by atoms with Gasteiger partial charge < -0.3 is 24.6 Å². The molecule has 2 aliphatic rings. The smallest absolute Gasteiger partial charge is 0.254 e. The van der Waals surface area contributed by atoms with E-state index in [9.17, 15) is 4.79 Å². The molecule has 1 N–H and O–H groups in total. The summed E-state index contributed by atoms with van der Waals surface area (Å²) in [5, 5.41) is 3.38. The van der Waals surface area contributed by atoms with E-state index in [-0.39, 0.29) is 24.4 Å². The standard InChI is InChI=1S/C19H29N3O3.ClH/c1-24-17-11-15(12-18(13-17)25-2)19(23)22(16-5-6-20-14-16)10-9-21-7-3-4-8-21;/h11-13,16,20H,3-10,14H2,1-2H3;1H. The molecule has 2 saturated heterocycles. The van der Waals surface area contributed by atoms with Crippen molar-refractivity contribution in [3.63, 3.8) is 0 Å². The molecule has 6 nitrogen and oxygen atoms in total. The summed E-state index contributed by atoms with van der Waals surface area (Å²) in [6.45, 7) is 5.86. The Morgan fingerprint density at radius 2 is 1.85 bits per heavy atom. The minimum Gasteiger partial charge on any atom is -0.497 e. The molecule has 0 bridgehead atoms. The number of rotatable bonds is 7. The van der Waals surface area contributed by atoms with Crippen LogP contribution in [0.1, 0.15) is 29.6 Å². The minimum absolute atomic E-state index is 0. The maximum absolute atomic E-state index is 13.2. The molecule has 2 fully saturated rings. The summed E-state index contributed by atoms with van der Waals surface area (Å²) in [6.07, 6.45) is 3.55. The third-order valence-corrected chi connectivity index (χ3v) is 5.19. The Morgan fingerprint density at radius 3 is 2.38 bits per heavy atom. The summed E-state index contributed by atoms with van der Waals surface area (Å²) in [4.78, 5) is 17.7. The van der Waals surface area contributed by atoms with Gasteiger partial charge in [-0.3, -0.25) is 4.79 Å². The van der Waals surface area contributed by atoms with Crippen molar-refractivity contribution in [3.05, 3.63) is 23.8 Å². The first-order valence-electron chi connectivity index (χ1n) is 9.18. The highest BCUT2D eigenvalue weighted by Crippen LogP contribution is 2.24. The van der Waals surface area contributed by atoms with Crippen LogP contribution in [0.15, 0.2) is 18.2 Å². The average Bonchev–Trinajstić information content (AvgIpc) is 3.35. The summed E-state index contributed by atoms with van der Waals surface area (Å²) < 4.78 is 10.6. The van der Waals surface area contributed by atoms with E-state index >= 15 is 0 Å². The predicted octanol–water partition coefficient (Wildman–Crippen LogP) is 2.03. The largest absolute Gasteiger partial charge is 0.497 e. The van der Waals surface area contributed by atoms with Crippen LogP contribution in [-0.2, 0) is 0 Å². The highest BCUT2D eigenvalue weighted by atomic mass is 35.5. The number of hydrogen-bond acceptors (Lipinski definition) is 5. The number of methoxy groups -OCH3 is 2. The monoisotopic (exact) mass is 383 g/mol. The molecule has 1 unspecified atom stereocenters. The summed E-state index contributed by atoms with van der Waals surface area (Å²) in [5.74, 6) is 1.35. The second-order valence-electron chi connectivity index (χ2n) is 6.80. The van der Waals surface area contributed by atoms with E-state index in [1.54, 1.807) is 32.4 Å². The van der Waals surface area contributed by atoms with Gasteiger partial charge in [0.05, 0.1) is 14.2 Å². The van der Waals surface area contributed by atoms with Gasteiger partial charge in [0.15, 0.2) is 0 Å². The fourth-order valence-electron chi connectivity index (χ4n) is 3.71. The SMILES string of the molecule is COc1cc(OC)cc(C(=O)N(CCN2CCCC2)C2CCNC2)c1.Cl. The number of amides is 1. The van der Waals surface area contributed by atoms with E-state index in [1.165, 1.54) is 12.8 Å². The third-order valence-electron chi connectivity index (χ3n) is 5.19. The zero-order valence-electron chi connectivity index (χ0n) is 15.7. The maximum Gasteiger partial charge on any atom is 0.254 e. The van der Waals surface area contributed by atoms with E-state index in [0.29, 0.717) is 17.1 Å². The Bertz CT molecular complexity index is 565. The molecule has 146 valence electrons. The Kier molecular flexibility index (Phi) is 8.00. The Hall–Kier alpha value is -1.50. The van der Waals surface area contributed by atoms with Gasteiger partial charge in [-0.05, 0) is 51.0 Å². The van der Waals surface area contributed by atoms with E-state index in [1.807, 2.05) is 4.90 Å². The average molecular weight is 384 g/mol. The molecule has 0 saturated carbocycles. The van der Waals surface area contributed by atoms with Gasteiger partial charge in [0.1, 0.15) is 11.5 Å². The number of benzene rings is 1. The topological polar surface area (TPSA) is 54.0 Å². The first-order valence-corrected chi connectivity index (χ1v) is 9.18. The van der Waals surface area contributed by atoms with Crippen LogP contribution in [0.25, 0.3) is 0 Å². The summed E-state index contributed by atoms with van der Waals surface area (Å²) >= 11 is 0. The molecule has 2 aliphatic heterocycles. The first kappa shape index (κ1) is 20.8. The van der Waals surface area contributed by atoms with E-state index in [2.05, 4.69) is 10.2 Å². The third kappa shape index (κ3) is 5.02. The molecule has 1 atom stereocenters. The number of ether oxygens (including phenoxy) is 2. The highest BCUT2D eigenvalue weighted by Gasteiger charge is 2.28. The number of likely N-dealkylation sites (tertiary alicyclic amines) is 1. The van der Waals surface area contributed by atoms with Gasteiger partial charge in [0.2, 0.25) is 0 Å². The Balaban J connectivity index is 0.00000243. The summed E-state index contributed by atoms with van der Waals surface area (Å²) in [6, 6.07) is 5.65. The fraction of sp³-hybridized carbons (Fsp3) is 0.632. The second kappa shape index (κ2) is 10.00. The van der Waals surface area contributed by atoms with Crippen LogP contribution in [0, 0.1) is 0 Å². The molecule has 26 heavy (non-hydrogen) atoms. The van der Waals surface area contributed by atoms with Crippen molar-refractivity contribution >= 4 is 18.3 Å². The van der Waals surface area contributed by atoms with Crippen LogP contribution in [0.3, 0.4) is 0 Å². The van der Waals surface area contributed by atoms with Gasteiger partial charge in [-0.25, -0.2) is 0 Å². The quantitative estimate of drug-likeness (QED) is 0.780. The number of carbonyl (C=O) groups excluding carboxylic acids is 1. The van der Waals surface area contributed by atoms with E-state index < -0.39 is 0 Å². The number of halogens is 1. The predicted molar refractivity (Wildman–Crippen MR) is 105 cm³/mol. The minimum atomic E-state index is 0. The van der Waals surface area contributed by atoms with Crippen molar-refractivity contribution < 1.29 is 14.3 Å². The summed E-state index contributed by atoms with van der Waals surface area (Å²) in [5.41, 5.74) is 0.629. The molecule has 1 aromatic rings. The Morgan fingerprint density at radius 1 is 1.19 bits per heavy atom. The van der Waals surface area contributed by atoms with Gasteiger partial charge in [-0.2, -0.15) is 0 Å². The highest BCUT2D eigenvalue weighted by molar-refractivity contribution is 5.95. The normalized spacial score (nSPS) is 19.8. The fourth-order valence-corrected chi connectivity index (χ4v) is 3.71.